The molecule has 0 saturated carbocycles. The lowest BCUT2D eigenvalue weighted by atomic mass is 10.2. The molecule has 1 N–H and O–H groups in total. The third kappa shape index (κ3) is 6.44. The number of amides is 1. The van der Waals surface area contributed by atoms with E-state index in [1.165, 1.54) is 10.6 Å². The molecule has 1 aromatic rings. The quantitative estimate of drug-likeness (QED) is 0.740. The molecule has 0 spiro atoms. The molecule has 0 heterocycles. The van der Waals surface area contributed by atoms with E-state index in [4.69, 9.17) is 4.74 Å². The third-order valence-electron chi connectivity index (χ3n) is 3.28. The zero-order valence-electron chi connectivity index (χ0n) is 13.3. The van der Waals surface area contributed by atoms with Crippen molar-refractivity contribution in [2.75, 3.05) is 26.0 Å². The molecule has 0 fully saturated rings. The van der Waals surface area contributed by atoms with Gasteiger partial charge in [0.05, 0.1) is 6.26 Å². The molecule has 1 aromatic carbocycles. The predicted octanol–water partition coefficient (Wildman–Crippen LogP) is 1.24. The van der Waals surface area contributed by atoms with Crippen LogP contribution in [0.25, 0.3) is 0 Å². The molecular weight excluding hydrogens is 304 g/mol. The fourth-order valence-corrected chi connectivity index (χ4v) is 3.16. The summed E-state index contributed by atoms with van der Waals surface area (Å²) in [6, 6.07) is 8.95. The van der Waals surface area contributed by atoms with Crippen molar-refractivity contribution in [3.8, 4) is 5.75 Å². The summed E-state index contributed by atoms with van der Waals surface area (Å²) in [6.45, 7) is 4.20. The van der Waals surface area contributed by atoms with Gasteiger partial charge in [-0.3, -0.25) is 4.79 Å². The highest BCUT2D eigenvalue weighted by Gasteiger charge is 2.21. The Hall–Kier alpha value is -1.60. The maximum atomic E-state index is 11.7. The Bertz CT molecular complexity index is 560. The Labute approximate surface area is 132 Å². The molecule has 0 aliphatic heterocycles. The van der Waals surface area contributed by atoms with Gasteiger partial charge in [0.2, 0.25) is 10.0 Å². The molecule has 0 aromatic heterocycles. The molecule has 0 aliphatic carbocycles. The van der Waals surface area contributed by atoms with Gasteiger partial charge in [-0.25, -0.2) is 8.42 Å². The number of hydrogen-bond donors (Lipinski definition) is 1. The van der Waals surface area contributed by atoms with Crippen molar-refractivity contribution in [3.63, 3.8) is 0 Å². The summed E-state index contributed by atoms with van der Waals surface area (Å²) in [6.07, 6.45) is 1.90. The number of nitrogens with one attached hydrogen (secondary N) is 1. The van der Waals surface area contributed by atoms with Gasteiger partial charge in [0, 0.05) is 19.1 Å². The fraction of sp³-hybridized carbons (Fsp3) is 0.533. The van der Waals surface area contributed by atoms with Gasteiger partial charge in [0.1, 0.15) is 5.75 Å². The van der Waals surface area contributed by atoms with Crippen molar-refractivity contribution < 1.29 is 17.9 Å². The van der Waals surface area contributed by atoms with E-state index in [1.54, 1.807) is 12.1 Å². The van der Waals surface area contributed by atoms with Crippen molar-refractivity contribution >= 4 is 15.9 Å². The Kier molecular flexibility index (Phi) is 7.34. The van der Waals surface area contributed by atoms with Gasteiger partial charge in [-0.05, 0) is 25.5 Å². The van der Waals surface area contributed by atoms with E-state index < -0.39 is 10.0 Å². The minimum absolute atomic E-state index is 0.0903. The summed E-state index contributed by atoms with van der Waals surface area (Å²) in [5, 5.41) is 2.66. The van der Waals surface area contributed by atoms with Crippen LogP contribution in [0.3, 0.4) is 0 Å². The average molecular weight is 328 g/mol. The fourth-order valence-electron chi connectivity index (χ4n) is 1.94. The largest absolute Gasteiger partial charge is 0.484 e. The van der Waals surface area contributed by atoms with E-state index in [1.807, 2.05) is 32.0 Å². The smallest absolute Gasteiger partial charge is 0.257 e. The summed E-state index contributed by atoms with van der Waals surface area (Å²) in [5.41, 5.74) is 0. The van der Waals surface area contributed by atoms with Gasteiger partial charge in [-0.15, -0.1) is 0 Å². The number of nitrogens with zero attached hydrogens (tertiary/aromatic N) is 1. The molecule has 1 rings (SSSR count). The molecule has 1 amide bonds. The van der Waals surface area contributed by atoms with Crippen molar-refractivity contribution in [1.82, 2.24) is 9.62 Å². The maximum absolute atomic E-state index is 11.7. The van der Waals surface area contributed by atoms with Crippen LogP contribution in [-0.4, -0.2) is 50.6 Å². The predicted molar refractivity (Wildman–Crippen MR) is 86.2 cm³/mol. The summed E-state index contributed by atoms with van der Waals surface area (Å²) in [7, 11) is -3.28. The van der Waals surface area contributed by atoms with Crippen LogP contribution in [0.1, 0.15) is 20.3 Å². The third-order valence-corrected chi connectivity index (χ3v) is 4.67. The van der Waals surface area contributed by atoms with Crippen molar-refractivity contribution in [2.45, 2.75) is 26.3 Å². The van der Waals surface area contributed by atoms with Gasteiger partial charge in [0.25, 0.3) is 5.91 Å². The van der Waals surface area contributed by atoms with E-state index in [-0.39, 0.29) is 31.6 Å². The number of sulfonamides is 1. The zero-order chi connectivity index (χ0) is 16.6. The Morgan fingerprint density at radius 1 is 1.32 bits per heavy atom. The lowest BCUT2D eigenvalue weighted by Gasteiger charge is -2.25. The van der Waals surface area contributed by atoms with Gasteiger partial charge < -0.3 is 10.1 Å². The maximum Gasteiger partial charge on any atom is 0.257 e. The average Bonchev–Trinajstić information content (AvgIpc) is 2.48. The number of carbonyl (C=O) groups is 1. The summed E-state index contributed by atoms with van der Waals surface area (Å²) in [5.74, 6) is 0.344. The minimum Gasteiger partial charge on any atom is -0.484 e. The zero-order valence-corrected chi connectivity index (χ0v) is 14.1. The van der Waals surface area contributed by atoms with Gasteiger partial charge in [0.15, 0.2) is 6.61 Å². The van der Waals surface area contributed by atoms with E-state index in [0.717, 1.165) is 6.42 Å². The highest BCUT2D eigenvalue weighted by Crippen LogP contribution is 2.08. The van der Waals surface area contributed by atoms with Crippen LogP contribution in [0.2, 0.25) is 0 Å². The number of hydrogen-bond acceptors (Lipinski definition) is 4. The van der Waals surface area contributed by atoms with E-state index >= 15 is 0 Å². The summed E-state index contributed by atoms with van der Waals surface area (Å²) in [4.78, 5) is 11.7. The first-order valence-electron chi connectivity index (χ1n) is 7.26. The first-order chi connectivity index (χ1) is 10.3. The van der Waals surface area contributed by atoms with Gasteiger partial charge >= 0.3 is 0 Å². The van der Waals surface area contributed by atoms with E-state index in [2.05, 4.69) is 5.32 Å². The topological polar surface area (TPSA) is 75.7 Å². The van der Waals surface area contributed by atoms with Crippen molar-refractivity contribution in [1.29, 1.82) is 0 Å². The molecule has 0 aliphatic rings. The standard InChI is InChI=1S/C15H24N2O4S/c1-4-13(2)17(22(3,19)20)11-10-16-15(18)12-21-14-8-6-5-7-9-14/h5-9,13H,4,10-12H2,1-3H3,(H,16,18). The second kappa shape index (κ2) is 8.75. The van der Waals surface area contributed by atoms with Crippen molar-refractivity contribution in [3.05, 3.63) is 30.3 Å². The normalized spacial score (nSPS) is 12.9. The first kappa shape index (κ1) is 18.4. The van der Waals surface area contributed by atoms with E-state index in [9.17, 15) is 13.2 Å². The molecule has 0 radical (unpaired) electrons. The molecule has 22 heavy (non-hydrogen) atoms. The molecule has 1 atom stereocenters. The van der Waals surface area contributed by atoms with Crippen LogP contribution < -0.4 is 10.1 Å². The molecule has 0 saturated heterocycles. The Morgan fingerprint density at radius 3 is 2.50 bits per heavy atom. The molecule has 6 nitrogen and oxygen atoms in total. The monoisotopic (exact) mass is 328 g/mol. The second-order valence-electron chi connectivity index (χ2n) is 5.08. The number of carbonyl (C=O) groups excluding carboxylic acids is 1. The van der Waals surface area contributed by atoms with Crippen LogP contribution in [0.15, 0.2) is 30.3 Å². The number of rotatable bonds is 9. The van der Waals surface area contributed by atoms with Crippen LogP contribution in [-0.2, 0) is 14.8 Å². The number of para-hydroxylation sites is 1. The van der Waals surface area contributed by atoms with Gasteiger partial charge in [-0.1, -0.05) is 25.1 Å². The molecule has 0 bridgehead atoms. The molecular formula is C15H24N2O4S. The Balaban J connectivity index is 2.37. The molecule has 7 heteroatoms. The van der Waals surface area contributed by atoms with Gasteiger partial charge in [-0.2, -0.15) is 4.31 Å². The molecule has 124 valence electrons. The molecule has 1 unspecified atom stereocenters. The summed E-state index contributed by atoms with van der Waals surface area (Å²) >= 11 is 0. The van der Waals surface area contributed by atoms with E-state index in [0.29, 0.717) is 5.75 Å². The van der Waals surface area contributed by atoms with Crippen LogP contribution in [0.5, 0.6) is 5.75 Å². The highest BCUT2D eigenvalue weighted by atomic mass is 32.2. The van der Waals surface area contributed by atoms with Crippen molar-refractivity contribution in [2.24, 2.45) is 0 Å². The number of benzene rings is 1. The second-order valence-corrected chi connectivity index (χ2v) is 7.02. The Morgan fingerprint density at radius 2 is 1.95 bits per heavy atom. The summed E-state index contributed by atoms with van der Waals surface area (Å²) < 4.78 is 30.1. The lowest BCUT2D eigenvalue weighted by Crippen LogP contribution is -2.43. The SMILES string of the molecule is CCC(C)N(CCNC(=O)COc1ccccc1)S(C)(=O)=O. The first-order valence-corrected chi connectivity index (χ1v) is 9.10. The van der Waals surface area contributed by atoms with Crippen LogP contribution in [0, 0.1) is 0 Å². The minimum atomic E-state index is -3.28. The van der Waals surface area contributed by atoms with Crippen LogP contribution in [0.4, 0.5) is 0 Å². The van der Waals surface area contributed by atoms with Crippen LogP contribution >= 0.6 is 0 Å². The lowest BCUT2D eigenvalue weighted by molar-refractivity contribution is -0.123. The highest BCUT2D eigenvalue weighted by molar-refractivity contribution is 7.88. The number of ether oxygens (including phenoxy) is 1.